The Hall–Kier alpha value is -2.30. The van der Waals surface area contributed by atoms with Crippen LogP contribution in [0.1, 0.15) is 36.0 Å². The second-order valence-electron chi connectivity index (χ2n) is 5.73. The number of amides is 1. The fourth-order valence-corrected chi connectivity index (χ4v) is 3.13. The fraction of sp³-hybridized carbons (Fsp3) is 0.412. The summed E-state index contributed by atoms with van der Waals surface area (Å²) in [5, 5.41) is 1.07. The van der Waals surface area contributed by atoms with Crippen LogP contribution in [-0.4, -0.2) is 41.5 Å². The summed E-state index contributed by atoms with van der Waals surface area (Å²) in [6.07, 6.45) is 5.96. The normalized spacial score (nSPS) is 15.1. The first kappa shape index (κ1) is 14.6. The van der Waals surface area contributed by atoms with Crippen molar-refractivity contribution in [3.8, 4) is 0 Å². The van der Waals surface area contributed by atoms with Crippen LogP contribution < -0.4 is 0 Å². The minimum Gasteiger partial charge on any atom is -0.468 e. The number of hydrogen-bond donors (Lipinski definition) is 1. The predicted molar refractivity (Wildman–Crippen MR) is 83.6 cm³/mol. The molecule has 116 valence electrons. The van der Waals surface area contributed by atoms with Crippen molar-refractivity contribution in [2.75, 3.05) is 13.7 Å². The van der Waals surface area contributed by atoms with E-state index in [0.29, 0.717) is 5.56 Å². The lowest BCUT2D eigenvalue weighted by Crippen LogP contribution is -2.42. The van der Waals surface area contributed by atoms with Crippen LogP contribution in [0.3, 0.4) is 0 Å². The largest absolute Gasteiger partial charge is 0.468 e. The van der Waals surface area contributed by atoms with Gasteiger partial charge in [-0.25, -0.2) is 0 Å². The highest BCUT2D eigenvalue weighted by Gasteiger charge is 2.29. The quantitative estimate of drug-likeness (QED) is 0.883. The van der Waals surface area contributed by atoms with E-state index in [1.807, 2.05) is 30.5 Å². The molecular formula is C17H20N2O3. The Bertz CT molecular complexity index is 686. The molecule has 0 bridgehead atoms. The van der Waals surface area contributed by atoms with Crippen molar-refractivity contribution in [1.29, 1.82) is 0 Å². The van der Waals surface area contributed by atoms with Gasteiger partial charge in [0.2, 0.25) is 0 Å². The summed E-state index contributed by atoms with van der Waals surface area (Å²) in [7, 11) is 1.35. The number of H-pyrrole nitrogens is 1. The summed E-state index contributed by atoms with van der Waals surface area (Å²) in [6.45, 7) is 0.0166. The SMILES string of the molecule is COC(=O)CN(C(=O)c1ccc2cc[nH]c2c1)C1CCCC1. The van der Waals surface area contributed by atoms with E-state index >= 15 is 0 Å². The standard InChI is InChI=1S/C17H20N2O3/c1-22-16(20)11-19(14-4-2-3-5-14)17(21)13-7-6-12-8-9-18-15(12)10-13/h6-10,14,18H,2-5,11H2,1H3. The minimum absolute atomic E-state index is 0.0166. The number of benzene rings is 1. The average Bonchev–Trinajstić information content (AvgIpc) is 3.21. The Morgan fingerprint density at radius 3 is 2.77 bits per heavy atom. The van der Waals surface area contributed by atoms with Crippen molar-refractivity contribution >= 4 is 22.8 Å². The molecule has 1 saturated carbocycles. The Kier molecular flexibility index (Phi) is 4.13. The van der Waals surface area contributed by atoms with E-state index in [2.05, 4.69) is 4.98 Å². The van der Waals surface area contributed by atoms with Gasteiger partial charge in [0.1, 0.15) is 6.54 Å². The molecule has 3 rings (SSSR count). The smallest absolute Gasteiger partial charge is 0.325 e. The maximum absolute atomic E-state index is 12.9. The van der Waals surface area contributed by atoms with Gasteiger partial charge in [-0.2, -0.15) is 0 Å². The second kappa shape index (κ2) is 6.22. The highest BCUT2D eigenvalue weighted by Crippen LogP contribution is 2.25. The molecule has 0 atom stereocenters. The number of nitrogens with zero attached hydrogens (tertiary/aromatic N) is 1. The number of esters is 1. The van der Waals surface area contributed by atoms with Crippen molar-refractivity contribution in [3.05, 3.63) is 36.0 Å². The summed E-state index contributed by atoms with van der Waals surface area (Å²) < 4.78 is 4.75. The summed E-state index contributed by atoms with van der Waals surface area (Å²) >= 11 is 0. The second-order valence-corrected chi connectivity index (χ2v) is 5.73. The first-order chi connectivity index (χ1) is 10.7. The molecule has 1 heterocycles. The lowest BCUT2D eigenvalue weighted by molar-refractivity contribution is -0.141. The Morgan fingerprint density at radius 2 is 2.05 bits per heavy atom. The van der Waals surface area contributed by atoms with E-state index in [4.69, 9.17) is 4.74 Å². The van der Waals surface area contributed by atoms with Gasteiger partial charge in [0, 0.05) is 23.3 Å². The van der Waals surface area contributed by atoms with Gasteiger partial charge in [0.15, 0.2) is 0 Å². The van der Waals surface area contributed by atoms with Crippen LogP contribution in [0.4, 0.5) is 0 Å². The average molecular weight is 300 g/mol. The molecule has 2 aromatic rings. The molecule has 1 aromatic heterocycles. The molecule has 5 nitrogen and oxygen atoms in total. The van der Waals surface area contributed by atoms with E-state index in [9.17, 15) is 9.59 Å². The van der Waals surface area contributed by atoms with E-state index in [1.165, 1.54) is 7.11 Å². The fourth-order valence-electron chi connectivity index (χ4n) is 3.13. The minimum atomic E-state index is -0.374. The van der Waals surface area contributed by atoms with E-state index < -0.39 is 0 Å². The van der Waals surface area contributed by atoms with E-state index in [0.717, 1.165) is 36.6 Å². The number of aromatic amines is 1. The van der Waals surface area contributed by atoms with Gasteiger partial charge in [0.25, 0.3) is 5.91 Å². The first-order valence-electron chi connectivity index (χ1n) is 7.64. The third-order valence-electron chi connectivity index (χ3n) is 4.36. The number of aromatic nitrogens is 1. The maximum atomic E-state index is 12.9. The van der Waals surface area contributed by atoms with Gasteiger partial charge in [-0.3, -0.25) is 9.59 Å². The van der Waals surface area contributed by atoms with Gasteiger partial charge in [-0.15, -0.1) is 0 Å². The molecule has 1 aliphatic rings. The number of carbonyl (C=O) groups excluding carboxylic acids is 2. The first-order valence-corrected chi connectivity index (χ1v) is 7.64. The van der Waals surface area contributed by atoms with Crippen molar-refractivity contribution in [2.45, 2.75) is 31.7 Å². The van der Waals surface area contributed by atoms with Crippen LogP contribution in [-0.2, 0) is 9.53 Å². The van der Waals surface area contributed by atoms with Gasteiger partial charge in [-0.1, -0.05) is 18.9 Å². The third kappa shape index (κ3) is 2.84. The van der Waals surface area contributed by atoms with Crippen molar-refractivity contribution in [2.24, 2.45) is 0 Å². The van der Waals surface area contributed by atoms with Crippen LogP contribution in [0.15, 0.2) is 30.5 Å². The van der Waals surface area contributed by atoms with Crippen LogP contribution >= 0.6 is 0 Å². The number of hydrogen-bond acceptors (Lipinski definition) is 3. The molecule has 0 radical (unpaired) electrons. The van der Waals surface area contributed by atoms with Crippen molar-refractivity contribution in [1.82, 2.24) is 9.88 Å². The molecule has 5 heteroatoms. The molecule has 1 amide bonds. The monoisotopic (exact) mass is 300 g/mol. The Morgan fingerprint density at radius 1 is 1.27 bits per heavy atom. The summed E-state index contributed by atoms with van der Waals surface area (Å²) in [4.78, 5) is 29.3. The van der Waals surface area contributed by atoms with Crippen LogP contribution in [0.25, 0.3) is 10.9 Å². The molecule has 1 N–H and O–H groups in total. The number of ether oxygens (including phenoxy) is 1. The molecule has 0 aliphatic heterocycles. The van der Waals surface area contributed by atoms with Gasteiger partial charge in [-0.05, 0) is 36.4 Å². The number of rotatable bonds is 4. The summed E-state index contributed by atoms with van der Waals surface area (Å²) in [6, 6.07) is 7.68. The maximum Gasteiger partial charge on any atom is 0.325 e. The molecule has 0 saturated heterocycles. The third-order valence-corrected chi connectivity index (χ3v) is 4.36. The number of fused-ring (bicyclic) bond motifs is 1. The lowest BCUT2D eigenvalue weighted by Gasteiger charge is -2.28. The summed E-state index contributed by atoms with van der Waals surface area (Å²) in [5.41, 5.74) is 1.53. The van der Waals surface area contributed by atoms with Gasteiger partial charge in [0.05, 0.1) is 7.11 Å². The molecule has 1 fully saturated rings. The zero-order chi connectivity index (χ0) is 15.5. The molecule has 1 aromatic carbocycles. The van der Waals surface area contributed by atoms with Crippen LogP contribution in [0, 0.1) is 0 Å². The highest BCUT2D eigenvalue weighted by atomic mass is 16.5. The predicted octanol–water partition coefficient (Wildman–Crippen LogP) is 2.73. The lowest BCUT2D eigenvalue weighted by atomic mass is 10.1. The van der Waals surface area contributed by atoms with E-state index in [-0.39, 0.29) is 24.5 Å². The molecular weight excluding hydrogens is 280 g/mol. The molecule has 0 unspecified atom stereocenters. The molecule has 1 aliphatic carbocycles. The van der Waals surface area contributed by atoms with Crippen molar-refractivity contribution in [3.63, 3.8) is 0 Å². The Labute approximate surface area is 129 Å². The number of nitrogens with one attached hydrogen (secondary N) is 1. The zero-order valence-electron chi connectivity index (χ0n) is 12.7. The molecule has 0 spiro atoms. The van der Waals surface area contributed by atoms with Crippen LogP contribution in [0.2, 0.25) is 0 Å². The highest BCUT2D eigenvalue weighted by molar-refractivity contribution is 5.99. The Balaban J connectivity index is 1.87. The molecule has 22 heavy (non-hydrogen) atoms. The van der Waals surface area contributed by atoms with Crippen molar-refractivity contribution < 1.29 is 14.3 Å². The van der Waals surface area contributed by atoms with Gasteiger partial charge < -0.3 is 14.6 Å². The zero-order valence-corrected chi connectivity index (χ0v) is 12.7. The van der Waals surface area contributed by atoms with Crippen LogP contribution in [0.5, 0.6) is 0 Å². The topological polar surface area (TPSA) is 62.4 Å². The number of carbonyl (C=O) groups is 2. The van der Waals surface area contributed by atoms with E-state index in [1.54, 1.807) is 4.90 Å². The summed E-state index contributed by atoms with van der Waals surface area (Å²) in [5.74, 6) is -0.477. The van der Waals surface area contributed by atoms with Gasteiger partial charge >= 0.3 is 5.97 Å². The number of methoxy groups -OCH3 is 1.